The summed E-state index contributed by atoms with van der Waals surface area (Å²) in [5.41, 5.74) is 1.80. The molecular weight excluding hydrogens is 254 g/mol. The molecule has 0 spiro atoms. The summed E-state index contributed by atoms with van der Waals surface area (Å²) in [6, 6.07) is 7.86. The zero-order chi connectivity index (χ0) is 14.2. The molecule has 0 aliphatic heterocycles. The van der Waals surface area contributed by atoms with Crippen LogP contribution in [0.4, 0.5) is 0 Å². The van der Waals surface area contributed by atoms with Gasteiger partial charge in [-0.3, -0.25) is 0 Å². The van der Waals surface area contributed by atoms with Gasteiger partial charge in [-0.1, -0.05) is 17.3 Å². The van der Waals surface area contributed by atoms with Gasteiger partial charge < -0.3 is 14.5 Å². The number of hydrogen-bond acceptors (Lipinski definition) is 4. The van der Waals surface area contributed by atoms with Crippen molar-refractivity contribution < 1.29 is 9.94 Å². The number of oxime groups is 1. The summed E-state index contributed by atoms with van der Waals surface area (Å²) in [6.45, 7) is 3.37. The molecule has 0 saturated heterocycles. The molecule has 5 nitrogen and oxygen atoms in total. The van der Waals surface area contributed by atoms with Gasteiger partial charge >= 0.3 is 0 Å². The zero-order valence-corrected chi connectivity index (χ0v) is 11.6. The van der Waals surface area contributed by atoms with E-state index in [9.17, 15) is 0 Å². The molecule has 0 radical (unpaired) electrons. The lowest BCUT2D eigenvalue weighted by atomic mass is 10.1. The van der Waals surface area contributed by atoms with Gasteiger partial charge in [-0.05, 0) is 31.0 Å². The average Bonchev–Trinajstić information content (AvgIpc) is 2.98. The van der Waals surface area contributed by atoms with Crippen molar-refractivity contribution >= 4 is 5.71 Å². The van der Waals surface area contributed by atoms with Gasteiger partial charge in [-0.25, -0.2) is 4.98 Å². The fourth-order valence-electron chi connectivity index (χ4n) is 1.89. The Labute approximate surface area is 118 Å². The van der Waals surface area contributed by atoms with Gasteiger partial charge in [0.05, 0.1) is 18.6 Å². The van der Waals surface area contributed by atoms with Crippen LogP contribution in [0.15, 0.2) is 48.1 Å². The highest BCUT2D eigenvalue weighted by molar-refractivity contribution is 5.83. The smallest absolute Gasteiger partial charge is 0.119 e. The molecule has 5 heteroatoms. The van der Waals surface area contributed by atoms with Gasteiger partial charge in [0, 0.05) is 25.4 Å². The van der Waals surface area contributed by atoms with E-state index in [2.05, 4.69) is 10.1 Å². The molecule has 0 bridgehead atoms. The third-order valence-corrected chi connectivity index (χ3v) is 2.94. The van der Waals surface area contributed by atoms with Crippen molar-refractivity contribution in [1.29, 1.82) is 0 Å². The summed E-state index contributed by atoms with van der Waals surface area (Å²) in [5, 5.41) is 11.8. The summed E-state index contributed by atoms with van der Waals surface area (Å²) in [6.07, 6.45) is 7.11. The van der Waals surface area contributed by atoms with Crippen LogP contribution < -0.4 is 4.74 Å². The first-order valence-electron chi connectivity index (χ1n) is 6.63. The van der Waals surface area contributed by atoms with Gasteiger partial charge in [-0.15, -0.1) is 0 Å². The van der Waals surface area contributed by atoms with Crippen molar-refractivity contribution in [2.24, 2.45) is 5.16 Å². The number of ether oxygens (including phenoxy) is 1. The number of benzene rings is 1. The molecule has 2 aromatic rings. The van der Waals surface area contributed by atoms with E-state index in [1.165, 1.54) is 0 Å². The van der Waals surface area contributed by atoms with E-state index in [1.807, 2.05) is 35.0 Å². The molecule has 106 valence electrons. The largest absolute Gasteiger partial charge is 0.494 e. The van der Waals surface area contributed by atoms with Crippen LogP contribution in [-0.4, -0.2) is 27.1 Å². The summed E-state index contributed by atoms with van der Waals surface area (Å²) >= 11 is 0. The lowest BCUT2D eigenvalue weighted by Crippen LogP contribution is -2.03. The maximum absolute atomic E-state index is 8.63. The molecule has 0 amide bonds. The topological polar surface area (TPSA) is 59.6 Å². The summed E-state index contributed by atoms with van der Waals surface area (Å²) in [5.74, 6) is 0.859. The van der Waals surface area contributed by atoms with E-state index in [4.69, 9.17) is 9.94 Å². The quantitative estimate of drug-likeness (QED) is 0.365. The number of nitrogens with zero attached hydrogens (tertiary/aromatic N) is 3. The molecule has 0 aliphatic carbocycles. The molecule has 1 heterocycles. The maximum Gasteiger partial charge on any atom is 0.119 e. The molecule has 1 aromatic carbocycles. The highest BCUT2D eigenvalue weighted by atomic mass is 16.5. The van der Waals surface area contributed by atoms with Crippen LogP contribution in [0.3, 0.4) is 0 Å². The molecule has 0 saturated carbocycles. The predicted octanol–water partition coefficient (Wildman–Crippen LogP) is 2.74. The fourth-order valence-corrected chi connectivity index (χ4v) is 1.89. The van der Waals surface area contributed by atoms with Crippen molar-refractivity contribution in [3.63, 3.8) is 0 Å². The van der Waals surface area contributed by atoms with Gasteiger partial charge in [0.2, 0.25) is 0 Å². The highest BCUT2D eigenvalue weighted by Crippen LogP contribution is 2.13. The van der Waals surface area contributed by atoms with Crippen LogP contribution in [0.2, 0.25) is 0 Å². The molecule has 20 heavy (non-hydrogen) atoms. The number of aromatic nitrogens is 2. The van der Waals surface area contributed by atoms with E-state index < -0.39 is 0 Å². The van der Waals surface area contributed by atoms with Gasteiger partial charge in [-0.2, -0.15) is 0 Å². The van der Waals surface area contributed by atoms with Gasteiger partial charge in [0.25, 0.3) is 0 Å². The second kappa shape index (κ2) is 7.33. The highest BCUT2D eigenvalue weighted by Gasteiger charge is 1.98. The van der Waals surface area contributed by atoms with E-state index in [0.29, 0.717) is 18.7 Å². The van der Waals surface area contributed by atoms with E-state index in [1.54, 1.807) is 19.4 Å². The van der Waals surface area contributed by atoms with Crippen LogP contribution in [0.25, 0.3) is 0 Å². The van der Waals surface area contributed by atoms with Crippen LogP contribution in [0, 0.1) is 0 Å². The number of aryl methyl sites for hydroxylation is 1. The minimum Gasteiger partial charge on any atom is -0.494 e. The Morgan fingerprint density at radius 2 is 2.15 bits per heavy atom. The molecule has 1 aromatic heterocycles. The van der Waals surface area contributed by atoms with Gasteiger partial charge in [0.15, 0.2) is 0 Å². The monoisotopic (exact) mass is 273 g/mol. The molecular formula is C15H19N3O2. The van der Waals surface area contributed by atoms with E-state index in [-0.39, 0.29) is 0 Å². The lowest BCUT2D eigenvalue weighted by molar-refractivity contribution is 0.301. The van der Waals surface area contributed by atoms with Crippen molar-refractivity contribution in [3.8, 4) is 5.75 Å². The maximum atomic E-state index is 8.63. The van der Waals surface area contributed by atoms with Crippen molar-refractivity contribution in [1.82, 2.24) is 9.55 Å². The molecule has 0 fully saturated rings. The third kappa shape index (κ3) is 4.42. The fraction of sp³-hybridized carbons (Fsp3) is 0.333. The Morgan fingerprint density at radius 1 is 1.35 bits per heavy atom. The van der Waals surface area contributed by atoms with Crippen LogP contribution >= 0.6 is 0 Å². The SMILES string of the molecule is C/C(Cc1ccc(OCCCn2ccnc2)cc1)=N/O. The minimum atomic E-state index is 0.650. The first-order chi connectivity index (χ1) is 9.78. The Balaban J connectivity index is 1.73. The van der Waals surface area contributed by atoms with Crippen molar-refractivity contribution in [2.75, 3.05) is 6.61 Å². The molecule has 2 rings (SSSR count). The van der Waals surface area contributed by atoms with Crippen molar-refractivity contribution in [3.05, 3.63) is 48.5 Å². The summed E-state index contributed by atoms with van der Waals surface area (Å²) in [7, 11) is 0. The van der Waals surface area contributed by atoms with Crippen molar-refractivity contribution in [2.45, 2.75) is 26.3 Å². The Bertz CT molecular complexity index is 533. The summed E-state index contributed by atoms with van der Waals surface area (Å²) in [4.78, 5) is 3.99. The predicted molar refractivity (Wildman–Crippen MR) is 77.4 cm³/mol. The zero-order valence-electron chi connectivity index (χ0n) is 11.6. The second-order valence-corrected chi connectivity index (χ2v) is 4.66. The normalized spacial score (nSPS) is 11.6. The second-order valence-electron chi connectivity index (χ2n) is 4.66. The van der Waals surface area contributed by atoms with E-state index >= 15 is 0 Å². The Morgan fingerprint density at radius 3 is 2.80 bits per heavy atom. The first-order valence-corrected chi connectivity index (χ1v) is 6.63. The average molecular weight is 273 g/mol. The number of imidazole rings is 1. The number of hydrogen-bond donors (Lipinski definition) is 1. The third-order valence-electron chi connectivity index (χ3n) is 2.94. The lowest BCUT2D eigenvalue weighted by Gasteiger charge is -2.07. The Hall–Kier alpha value is -2.30. The van der Waals surface area contributed by atoms with Gasteiger partial charge in [0.1, 0.15) is 5.75 Å². The van der Waals surface area contributed by atoms with E-state index in [0.717, 1.165) is 24.3 Å². The number of rotatable bonds is 7. The minimum absolute atomic E-state index is 0.650. The van der Waals surface area contributed by atoms with Crippen LogP contribution in [-0.2, 0) is 13.0 Å². The molecule has 0 aliphatic rings. The standard InChI is InChI=1S/C15H19N3O2/c1-13(17-19)11-14-3-5-15(6-4-14)20-10-2-8-18-9-7-16-12-18/h3-7,9,12,19H,2,8,10-11H2,1H3/b17-13-. The Kier molecular flexibility index (Phi) is 5.17. The molecule has 0 unspecified atom stereocenters. The molecule has 0 atom stereocenters. The molecule has 1 N–H and O–H groups in total. The van der Waals surface area contributed by atoms with Crippen LogP contribution in [0.5, 0.6) is 5.75 Å². The van der Waals surface area contributed by atoms with Crippen LogP contribution in [0.1, 0.15) is 18.9 Å². The first kappa shape index (κ1) is 14.1. The summed E-state index contributed by atoms with van der Waals surface area (Å²) < 4.78 is 7.71.